The van der Waals surface area contributed by atoms with Gasteiger partial charge in [-0.2, -0.15) is 0 Å². The van der Waals surface area contributed by atoms with E-state index in [9.17, 15) is 9.59 Å². The van der Waals surface area contributed by atoms with Crippen molar-refractivity contribution >= 4 is 34.4 Å². The smallest absolute Gasteiger partial charge is 0.268 e. The van der Waals surface area contributed by atoms with E-state index in [4.69, 9.17) is 16.9 Å². The summed E-state index contributed by atoms with van der Waals surface area (Å²) < 4.78 is 7.05. The summed E-state index contributed by atoms with van der Waals surface area (Å²) in [5, 5.41) is 2.68. The maximum atomic E-state index is 12.5. The predicted molar refractivity (Wildman–Crippen MR) is 146 cm³/mol. The molecule has 0 aliphatic heterocycles. The Hall–Kier alpha value is -2.89. The molecule has 1 unspecified atom stereocenters. The monoisotopic (exact) mass is 589 g/mol. The Morgan fingerprint density at radius 2 is 1.83 bits per heavy atom. The quantitative estimate of drug-likeness (QED) is 0.261. The third kappa shape index (κ3) is 11.9. The zero-order valence-electron chi connectivity index (χ0n) is 20.6. The number of carbonyl (C=O) groups is 2. The van der Waals surface area contributed by atoms with Crippen molar-refractivity contribution in [2.75, 3.05) is 7.11 Å². The van der Waals surface area contributed by atoms with Crippen molar-refractivity contribution in [1.29, 1.82) is 0 Å². The zero-order chi connectivity index (χ0) is 26.4. The molecule has 0 spiro atoms. The molecule has 7 nitrogen and oxygen atoms in total. The molecule has 0 aromatic heterocycles. The molecule has 0 saturated heterocycles. The summed E-state index contributed by atoms with van der Waals surface area (Å²) >= 11 is 2.27. The van der Waals surface area contributed by atoms with Crippen molar-refractivity contribution in [2.45, 2.75) is 52.0 Å². The third-order valence-electron chi connectivity index (χ3n) is 4.33. The van der Waals surface area contributed by atoms with Crippen LogP contribution in [-0.4, -0.2) is 36.7 Å². The van der Waals surface area contributed by atoms with Gasteiger partial charge in [-0.15, -0.1) is 6.42 Å². The van der Waals surface area contributed by atoms with Crippen molar-refractivity contribution in [3.63, 3.8) is 0 Å². The van der Waals surface area contributed by atoms with Crippen LogP contribution >= 0.6 is 22.6 Å². The molecule has 35 heavy (non-hydrogen) atoms. The Bertz CT molecular complexity index is 1080. The maximum Gasteiger partial charge on any atom is 0.268 e. The molecular formula is C27H32IN3O4. The van der Waals surface area contributed by atoms with Gasteiger partial charge in [-0.05, 0) is 104 Å². The summed E-state index contributed by atoms with van der Waals surface area (Å²) in [6.45, 7) is 7.95. The minimum atomic E-state index is -0.928. The molecule has 2 aromatic rings. The van der Waals surface area contributed by atoms with Gasteiger partial charge in [0, 0.05) is 21.2 Å². The van der Waals surface area contributed by atoms with Gasteiger partial charge in [0.1, 0.15) is 6.04 Å². The molecule has 2 amide bonds. The largest absolute Gasteiger partial charge is 0.370 e. The number of halogens is 1. The second-order valence-corrected chi connectivity index (χ2v) is 9.61. The standard InChI is InChI=1S/C20H24N2O4.C7H8IN/c1-7-8-9-15-10-12-16(13-11-15)18(23)21-17(19(24)22-25-6)14(2)26-20(3,4)5;8-7-3-1-2-6(4-7)5-9/h1,10-14,17H,2-6H3,(H,21,23)(H,22,24);1-4H,5,9H2/t14-,17?;/m1./s1. The highest BCUT2D eigenvalue weighted by molar-refractivity contribution is 14.1. The highest BCUT2D eigenvalue weighted by Gasteiger charge is 2.31. The van der Waals surface area contributed by atoms with Crippen LogP contribution in [0, 0.1) is 27.8 Å². The predicted octanol–water partition coefficient (Wildman–Crippen LogP) is 3.40. The van der Waals surface area contributed by atoms with Gasteiger partial charge in [0.05, 0.1) is 18.8 Å². The van der Waals surface area contributed by atoms with E-state index in [0.717, 1.165) is 0 Å². The van der Waals surface area contributed by atoms with E-state index in [0.29, 0.717) is 17.7 Å². The van der Waals surface area contributed by atoms with Crippen molar-refractivity contribution in [3.05, 3.63) is 68.8 Å². The van der Waals surface area contributed by atoms with E-state index in [1.807, 2.05) is 32.9 Å². The highest BCUT2D eigenvalue weighted by Crippen LogP contribution is 2.14. The normalized spacial score (nSPS) is 11.9. The first-order chi connectivity index (χ1) is 16.5. The second-order valence-electron chi connectivity index (χ2n) is 8.36. The van der Waals surface area contributed by atoms with Crippen molar-refractivity contribution in [3.8, 4) is 24.2 Å². The van der Waals surface area contributed by atoms with Crippen LogP contribution in [0.2, 0.25) is 0 Å². The molecule has 0 fully saturated rings. The number of ether oxygens (including phenoxy) is 1. The van der Waals surface area contributed by atoms with Gasteiger partial charge >= 0.3 is 0 Å². The number of hydrogen-bond donors (Lipinski definition) is 3. The minimum Gasteiger partial charge on any atom is -0.370 e. The van der Waals surface area contributed by atoms with Gasteiger partial charge in [0.2, 0.25) is 0 Å². The number of hydrogen-bond acceptors (Lipinski definition) is 5. The highest BCUT2D eigenvalue weighted by atomic mass is 127. The molecule has 0 bridgehead atoms. The van der Waals surface area contributed by atoms with Crippen LogP contribution < -0.4 is 16.5 Å². The first kappa shape index (κ1) is 30.1. The van der Waals surface area contributed by atoms with E-state index < -0.39 is 29.6 Å². The summed E-state index contributed by atoms with van der Waals surface area (Å²) in [7, 11) is 1.32. The number of amides is 2. The van der Waals surface area contributed by atoms with E-state index in [-0.39, 0.29) is 0 Å². The van der Waals surface area contributed by atoms with Crippen LogP contribution in [0.1, 0.15) is 49.2 Å². The van der Waals surface area contributed by atoms with Gasteiger partial charge in [-0.3, -0.25) is 14.4 Å². The lowest BCUT2D eigenvalue weighted by Crippen LogP contribution is -2.54. The number of nitrogens with one attached hydrogen (secondary N) is 2. The molecule has 8 heteroatoms. The molecular weight excluding hydrogens is 557 g/mol. The van der Waals surface area contributed by atoms with Gasteiger partial charge in [0.25, 0.3) is 11.8 Å². The van der Waals surface area contributed by atoms with Crippen LogP contribution in [0.5, 0.6) is 0 Å². The fourth-order valence-electron chi connectivity index (χ4n) is 2.89. The van der Waals surface area contributed by atoms with Crippen LogP contribution in [0.25, 0.3) is 0 Å². The van der Waals surface area contributed by atoms with E-state index in [1.165, 1.54) is 16.2 Å². The maximum absolute atomic E-state index is 12.5. The number of rotatable bonds is 7. The Morgan fingerprint density at radius 1 is 1.17 bits per heavy atom. The average Bonchev–Trinajstić information content (AvgIpc) is 2.80. The third-order valence-corrected chi connectivity index (χ3v) is 5.00. The lowest BCUT2D eigenvalue weighted by molar-refractivity contribution is -0.140. The summed E-state index contributed by atoms with van der Waals surface area (Å²) in [6, 6.07) is 13.8. The van der Waals surface area contributed by atoms with Crippen molar-refractivity contribution in [2.24, 2.45) is 5.73 Å². The summed E-state index contributed by atoms with van der Waals surface area (Å²) in [5.41, 5.74) is 9.44. The number of nitrogens with two attached hydrogens (primary N) is 1. The summed E-state index contributed by atoms with van der Waals surface area (Å²) in [5.74, 6) is 6.57. The lowest BCUT2D eigenvalue weighted by atomic mass is 10.1. The Balaban J connectivity index is 0.000000566. The first-order valence-electron chi connectivity index (χ1n) is 10.8. The van der Waals surface area contributed by atoms with Crippen LogP contribution in [0.4, 0.5) is 0 Å². The summed E-state index contributed by atoms with van der Waals surface area (Å²) in [4.78, 5) is 29.4. The van der Waals surface area contributed by atoms with Crippen molar-refractivity contribution < 1.29 is 19.2 Å². The summed E-state index contributed by atoms with van der Waals surface area (Å²) in [6.07, 6.45) is 4.51. The lowest BCUT2D eigenvalue weighted by Gasteiger charge is -2.30. The molecule has 0 radical (unpaired) electrons. The fraction of sp³-hybridized carbons (Fsp3) is 0.333. The number of hydroxylamine groups is 1. The minimum absolute atomic E-state index is 0.384. The van der Waals surface area contributed by atoms with E-state index >= 15 is 0 Å². The van der Waals surface area contributed by atoms with Gasteiger partial charge < -0.3 is 15.8 Å². The molecule has 2 atom stereocenters. The SMILES string of the molecule is C#CC#Cc1ccc(C(=O)NC(C(=O)NOC)[C@@H](C)OC(C)(C)C)cc1.NCc1cccc(I)c1. The Morgan fingerprint density at radius 3 is 2.31 bits per heavy atom. The number of carbonyl (C=O) groups excluding carboxylic acids is 2. The van der Waals surface area contributed by atoms with Gasteiger partial charge in [-0.25, -0.2) is 5.48 Å². The second kappa shape index (κ2) is 15.2. The van der Waals surface area contributed by atoms with Crippen LogP contribution in [-0.2, 0) is 20.9 Å². The molecule has 2 aromatic carbocycles. The van der Waals surface area contributed by atoms with Gasteiger partial charge in [0.15, 0.2) is 0 Å². The van der Waals surface area contributed by atoms with E-state index in [2.05, 4.69) is 68.1 Å². The van der Waals surface area contributed by atoms with Crippen molar-refractivity contribution in [1.82, 2.24) is 10.8 Å². The molecule has 0 heterocycles. The van der Waals surface area contributed by atoms with Gasteiger partial charge in [-0.1, -0.05) is 18.1 Å². The Kier molecular flexibility index (Phi) is 13.1. The molecule has 2 rings (SSSR count). The fourth-order valence-corrected chi connectivity index (χ4v) is 3.50. The van der Waals surface area contributed by atoms with Crippen LogP contribution in [0.15, 0.2) is 48.5 Å². The zero-order valence-corrected chi connectivity index (χ0v) is 22.8. The average molecular weight is 589 g/mol. The number of terminal acetylenes is 1. The number of benzene rings is 2. The Labute approximate surface area is 221 Å². The van der Waals surface area contributed by atoms with Crippen LogP contribution in [0.3, 0.4) is 0 Å². The molecule has 186 valence electrons. The van der Waals surface area contributed by atoms with E-state index in [1.54, 1.807) is 31.2 Å². The molecule has 0 aliphatic rings. The topological polar surface area (TPSA) is 103 Å². The molecule has 0 saturated carbocycles. The molecule has 4 N–H and O–H groups in total. The first-order valence-corrected chi connectivity index (χ1v) is 11.9. The molecule has 0 aliphatic carbocycles.